The molecule has 6 nitrogen and oxygen atoms in total. The van der Waals surface area contributed by atoms with Gasteiger partial charge in [0.1, 0.15) is 0 Å². The number of hydrogen-bond acceptors (Lipinski definition) is 4. The predicted molar refractivity (Wildman–Crippen MR) is 122 cm³/mol. The molecule has 152 valence electrons. The fourth-order valence-electron chi connectivity index (χ4n) is 3.27. The van der Waals surface area contributed by atoms with E-state index in [-0.39, 0.29) is 24.1 Å². The lowest BCUT2D eigenvalue weighted by molar-refractivity contribution is -0.122. The van der Waals surface area contributed by atoms with Crippen LogP contribution >= 0.6 is 27.3 Å². The Balaban J connectivity index is 1.36. The van der Waals surface area contributed by atoms with Crippen molar-refractivity contribution in [1.82, 2.24) is 0 Å². The minimum Gasteiger partial charge on any atom is -0.326 e. The maximum Gasteiger partial charge on any atom is 0.265 e. The lowest BCUT2D eigenvalue weighted by Crippen LogP contribution is -2.28. The van der Waals surface area contributed by atoms with Crippen molar-refractivity contribution >= 4 is 62.1 Å². The highest BCUT2D eigenvalue weighted by molar-refractivity contribution is 9.10. The van der Waals surface area contributed by atoms with E-state index in [1.54, 1.807) is 35.2 Å². The molecule has 0 radical (unpaired) electrons. The number of carbonyl (C=O) groups excluding carboxylic acids is 3. The van der Waals surface area contributed by atoms with Gasteiger partial charge < -0.3 is 15.5 Å². The number of thiophene rings is 1. The summed E-state index contributed by atoms with van der Waals surface area (Å²) in [6.07, 6.45) is 0.169. The molecular formula is C22H18BrN3O3S. The molecule has 0 saturated carbocycles. The van der Waals surface area contributed by atoms with Crippen LogP contribution in [0.15, 0.2) is 70.5 Å². The van der Waals surface area contributed by atoms with Gasteiger partial charge in [0.2, 0.25) is 11.8 Å². The number of halogens is 1. The smallest absolute Gasteiger partial charge is 0.265 e. The molecule has 8 heteroatoms. The van der Waals surface area contributed by atoms with E-state index in [4.69, 9.17) is 0 Å². The van der Waals surface area contributed by atoms with Crippen molar-refractivity contribution in [2.45, 2.75) is 6.42 Å². The van der Waals surface area contributed by atoms with Crippen LogP contribution in [0.5, 0.6) is 0 Å². The van der Waals surface area contributed by atoms with Gasteiger partial charge in [-0.1, -0.05) is 18.2 Å². The lowest BCUT2D eigenvalue weighted by atomic mass is 10.1. The molecule has 2 heterocycles. The summed E-state index contributed by atoms with van der Waals surface area (Å²) in [5, 5.41) is 7.52. The fourth-order valence-corrected chi connectivity index (χ4v) is 4.39. The second-order valence-electron chi connectivity index (χ2n) is 6.85. The van der Waals surface area contributed by atoms with Crippen LogP contribution in [0.1, 0.15) is 16.1 Å². The molecule has 1 aliphatic rings. The molecule has 3 aromatic rings. The van der Waals surface area contributed by atoms with Crippen LogP contribution in [0.2, 0.25) is 0 Å². The first-order valence-electron chi connectivity index (χ1n) is 9.32. The van der Waals surface area contributed by atoms with E-state index in [1.165, 1.54) is 11.3 Å². The average Bonchev–Trinajstić information content (AvgIpc) is 3.40. The SMILES string of the molecule is O=C(Nc1ccc(NC(=O)C2CC(=O)N(c3ccccc3Br)C2)cc1)c1cccs1. The quantitative estimate of drug-likeness (QED) is 0.549. The Labute approximate surface area is 186 Å². The van der Waals surface area contributed by atoms with Gasteiger partial charge in [0.15, 0.2) is 0 Å². The maximum atomic E-state index is 12.7. The fraction of sp³-hybridized carbons (Fsp3) is 0.136. The number of rotatable bonds is 5. The number of nitrogens with zero attached hydrogens (tertiary/aromatic N) is 1. The summed E-state index contributed by atoms with van der Waals surface area (Å²) >= 11 is 4.83. The van der Waals surface area contributed by atoms with Crippen molar-refractivity contribution in [1.29, 1.82) is 0 Å². The van der Waals surface area contributed by atoms with E-state index in [9.17, 15) is 14.4 Å². The van der Waals surface area contributed by atoms with Gasteiger partial charge in [0.25, 0.3) is 5.91 Å². The lowest BCUT2D eigenvalue weighted by Gasteiger charge is -2.18. The zero-order valence-corrected chi connectivity index (χ0v) is 18.2. The zero-order valence-electron chi connectivity index (χ0n) is 15.8. The normalized spacial score (nSPS) is 15.8. The molecule has 1 fully saturated rings. The van der Waals surface area contributed by atoms with Gasteiger partial charge in [0, 0.05) is 28.8 Å². The van der Waals surface area contributed by atoms with Crippen LogP contribution in [0.3, 0.4) is 0 Å². The summed E-state index contributed by atoms with van der Waals surface area (Å²) in [5.74, 6) is -0.872. The molecule has 1 atom stereocenters. The minimum absolute atomic E-state index is 0.0753. The highest BCUT2D eigenvalue weighted by atomic mass is 79.9. The molecule has 1 saturated heterocycles. The first kappa shape index (κ1) is 20.3. The van der Waals surface area contributed by atoms with E-state index >= 15 is 0 Å². The first-order chi connectivity index (χ1) is 14.5. The van der Waals surface area contributed by atoms with Crippen LogP contribution in [-0.4, -0.2) is 24.3 Å². The topological polar surface area (TPSA) is 78.5 Å². The van der Waals surface area contributed by atoms with E-state index in [0.29, 0.717) is 22.8 Å². The number of amides is 3. The Morgan fingerprint density at radius 3 is 2.33 bits per heavy atom. The standard InChI is InChI=1S/C22H18BrN3O3S/c23-17-4-1-2-5-18(17)26-13-14(12-20(26)27)21(28)24-15-7-9-16(10-8-15)25-22(29)19-6-3-11-30-19/h1-11,14H,12-13H2,(H,24,28)(H,25,29). The molecule has 2 N–H and O–H groups in total. The second-order valence-corrected chi connectivity index (χ2v) is 8.66. The molecule has 1 aliphatic heterocycles. The maximum absolute atomic E-state index is 12.7. The van der Waals surface area contributed by atoms with Crippen molar-refractivity contribution in [2.75, 3.05) is 22.1 Å². The highest BCUT2D eigenvalue weighted by Crippen LogP contribution is 2.31. The molecule has 0 spiro atoms. The van der Waals surface area contributed by atoms with Crippen LogP contribution in [-0.2, 0) is 9.59 Å². The van der Waals surface area contributed by atoms with Gasteiger partial charge in [-0.25, -0.2) is 0 Å². The van der Waals surface area contributed by atoms with Gasteiger partial charge >= 0.3 is 0 Å². The van der Waals surface area contributed by atoms with E-state index < -0.39 is 5.92 Å². The van der Waals surface area contributed by atoms with Gasteiger partial charge in [-0.2, -0.15) is 0 Å². The Morgan fingerprint density at radius 1 is 0.967 bits per heavy atom. The molecule has 30 heavy (non-hydrogen) atoms. The number of nitrogens with one attached hydrogen (secondary N) is 2. The Kier molecular flexibility index (Phi) is 5.96. The number of hydrogen-bond donors (Lipinski definition) is 2. The number of carbonyl (C=O) groups is 3. The third-order valence-corrected chi connectivity index (χ3v) is 6.33. The highest BCUT2D eigenvalue weighted by Gasteiger charge is 2.35. The molecule has 1 unspecified atom stereocenters. The van der Waals surface area contributed by atoms with Gasteiger partial charge in [-0.05, 0) is 63.8 Å². The molecule has 0 bridgehead atoms. The Morgan fingerprint density at radius 2 is 1.67 bits per heavy atom. The van der Waals surface area contributed by atoms with Crippen molar-refractivity contribution in [2.24, 2.45) is 5.92 Å². The third-order valence-electron chi connectivity index (χ3n) is 4.79. The summed E-state index contributed by atoms with van der Waals surface area (Å²) < 4.78 is 0.819. The molecule has 4 rings (SSSR count). The van der Waals surface area contributed by atoms with Crippen molar-refractivity contribution < 1.29 is 14.4 Å². The second kappa shape index (κ2) is 8.81. The van der Waals surface area contributed by atoms with Gasteiger partial charge in [-0.15, -0.1) is 11.3 Å². The summed E-state index contributed by atoms with van der Waals surface area (Å²) in [4.78, 5) is 39.5. The number of benzene rings is 2. The van der Waals surface area contributed by atoms with Crippen LogP contribution < -0.4 is 15.5 Å². The van der Waals surface area contributed by atoms with Crippen LogP contribution in [0.25, 0.3) is 0 Å². The number of para-hydroxylation sites is 1. The van der Waals surface area contributed by atoms with Crippen molar-refractivity contribution in [3.63, 3.8) is 0 Å². The molecule has 1 aromatic heterocycles. The largest absolute Gasteiger partial charge is 0.326 e. The minimum atomic E-state index is -0.428. The van der Waals surface area contributed by atoms with Crippen molar-refractivity contribution in [3.8, 4) is 0 Å². The van der Waals surface area contributed by atoms with Gasteiger partial charge in [-0.3, -0.25) is 14.4 Å². The summed E-state index contributed by atoms with van der Waals surface area (Å²) in [5.41, 5.74) is 2.02. The third kappa shape index (κ3) is 4.44. The van der Waals surface area contributed by atoms with Crippen molar-refractivity contribution in [3.05, 3.63) is 75.4 Å². The van der Waals surface area contributed by atoms with Crippen LogP contribution in [0.4, 0.5) is 17.1 Å². The predicted octanol–water partition coefficient (Wildman–Crippen LogP) is 4.75. The Hall–Kier alpha value is -2.97. The molecule has 3 amide bonds. The van der Waals surface area contributed by atoms with E-state index in [1.807, 2.05) is 35.7 Å². The Bertz CT molecular complexity index is 1080. The first-order valence-corrected chi connectivity index (χ1v) is 11.0. The zero-order chi connectivity index (χ0) is 21.1. The molecule has 2 aromatic carbocycles. The van der Waals surface area contributed by atoms with E-state index in [0.717, 1.165) is 10.2 Å². The molecule has 0 aliphatic carbocycles. The summed E-state index contributed by atoms with van der Waals surface area (Å²) in [7, 11) is 0. The summed E-state index contributed by atoms with van der Waals surface area (Å²) in [6.45, 7) is 0.336. The van der Waals surface area contributed by atoms with E-state index in [2.05, 4.69) is 26.6 Å². The number of anilines is 3. The summed E-state index contributed by atoms with van der Waals surface area (Å²) in [6, 6.07) is 18.0. The monoisotopic (exact) mass is 483 g/mol. The van der Waals surface area contributed by atoms with Gasteiger partial charge in [0.05, 0.1) is 16.5 Å². The molecular weight excluding hydrogens is 466 g/mol. The average molecular weight is 484 g/mol. The van der Waals surface area contributed by atoms with Crippen LogP contribution in [0, 0.1) is 5.92 Å².